The molecule has 2 aliphatic rings. The number of hydrogen-bond acceptors (Lipinski definition) is 3. The quantitative estimate of drug-likeness (QED) is 0.803. The first-order chi connectivity index (χ1) is 8.72. The fourth-order valence-electron chi connectivity index (χ4n) is 2.51. The van der Waals surface area contributed by atoms with Crippen LogP contribution in [0.3, 0.4) is 0 Å². The SMILES string of the molecule is CC(C)(C)OC(=O)NC1(C(=O)O)CC2=C(CC=C2)C1. The third kappa shape index (κ3) is 2.80. The molecule has 0 saturated heterocycles. The van der Waals surface area contributed by atoms with E-state index in [0.717, 1.165) is 17.6 Å². The summed E-state index contributed by atoms with van der Waals surface area (Å²) in [7, 11) is 0. The summed E-state index contributed by atoms with van der Waals surface area (Å²) in [6, 6.07) is 0. The van der Waals surface area contributed by atoms with Crippen molar-refractivity contribution in [1.29, 1.82) is 0 Å². The maximum Gasteiger partial charge on any atom is 0.408 e. The molecule has 2 rings (SSSR count). The lowest BCUT2D eigenvalue weighted by atomic mass is 9.93. The number of rotatable bonds is 2. The molecular weight excluding hydrogens is 246 g/mol. The van der Waals surface area contributed by atoms with Gasteiger partial charge >= 0.3 is 12.1 Å². The molecule has 0 fully saturated rings. The van der Waals surface area contributed by atoms with Crippen molar-refractivity contribution < 1.29 is 19.4 Å². The van der Waals surface area contributed by atoms with Gasteiger partial charge in [-0.2, -0.15) is 0 Å². The lowest BCUT2D eigenvalue weighted by Gasteiger charge is -2.28. The Labute approximate surface area is 112 Å². The molecule has 0 aromatic rings. The van der Waals surface area contributed by atoms with Gasteiger partial charge < -0.3 is 15.2 Å². The minimum absolute atomic E-state index is 0.327. The number of allylic oxidation sites excluding steroid dienone is 2. The smallest absolute Gasteiger partial charge is 0.408 e. The van der Waals surface area contributed by atoms with Crippen molar-refractivity contribution in [3.05, 3.63) is 23.3 Å². The monoisotopic (exact) mass is 265 g/mol. The highest BCUT2D eigenvalue weighted by Gasteiger charge is 2.47. The van der Waals surface area contributed by atoms with Crippen LogP contribution in [0, 0.1) is 0 Å². The van der Waals surface area contributed by atoms with Gasteiger partial charge in [0.2, 0.25) is 0 Å². The molecule has 0 aromatic heterocycles. The summed E-state index contributed by atoms with van der Waals surface area (Å²) in [6.07, 6.45) is 4.73. The van der Waals surface area contributed by atoms with E-state index in [1.54, 1.807) is 20.8 Å². The molecule has 1 unspecified atom stereocenters. The molecule has 0 spiro atoms. The van der Waals surface area contributed by atoms with Gasteiger partial charge in [-0.25, -0.2) is 9.59 Å². The number of carboxylic acid groups (broad SMARTS) is 1. The zero-order valence-electron chi connectivity index (χ0n) is 11.4. The summed E-state index contributed by atoms with van der Waals surface area (Å²) in [5, 5.41) is 12.0. The molecule has 2 aliphatic carbocycles. The van der Waals surface area contributed by atoms with Gasteiger partial charge in [0.1, 0.15) is 11.1 Å². The third-order valence-corrected chi connectivity index (χ3v) is 3.29. The maximum atomic E-state index is 11.8. The molecule has 5 heteroatoms. The van der Waals surface area contributed by atoms with Gasteiger partial charge in [0.25, 0.3) is 0 Å². The number of carbonyl (C=O) groups excluding carboxylic acids is 1. The zero-order valence-corrected chi connectivity index (χ0v) is 11.4. The molecule has 0 aromatic carbocycles. The zero-order chi connectivity index (χ0) is 14.3. The summed E-state index contributed by atoms with van der Waals surface area (Å²) >= 11 is 0. The molecule has 0 bridgehead atoms. The lowest BCUT2D eigenvalue weighted by molar-refractivity contribution is -0.144. The molecule has 104 valence electrons. The second-order valence-electron chi connectivity index (χ2n) is 6.10. The van der Waals surface area contributed by atoms with Crippen LogP contribution in [0.1, 0.15) is 40.0 Å². The van der Waals surface area contributed by atoms with E-state index in [1.807, 2.05) is 12.2 Å². The predicted octanol–water partition coefficient (Wildman–Crippen LogP) is 2.38. The standard InChI is InChI=1S/C14H19NO4/c1-13(2,3)19-12(18)15-14(11(16)17)7-9-5-4-6-10(9)8-14/h4-5H,6-8H2,1-3H3,(H,15,18)(H,16,17). The Morgan fingerprint density at radius 1 is 1.37 bits per heavy atom. The summed E-state index contributed by atoms with van der Waals surface area (Å²) in [4.78, 5) is 23.3. The Kier molecular flexibility index (Phi) is 3.16. The predicted molar refractivity (Wildman–Crippen MR) is 69.8 cm³/mol. The number of nitrogens with one attached hydrogen (secondary N) is 1. The first-order valence-corrected chi connectivity index (χ1v) is 6.34. The molecule has 0 radical (unpaired) electrons. The number of carbonyl (C=O) groups is 2. The van der Waals surface area contributed by atoms with Gasteiger partial charge in [-0.1, -0.05) is 17.7 Å². The number of aliphatic carboxylic acids is 1. The van der Waals surface area contributed by atoms with Crippen LogP contribution in [0.15, 0.2) is 23.3 Å². The van der Waals surface area contributed by atoms with E-state index in [4.69, 9.17) is 4.74 Å². The Bertz CT molecular complexity index is 484. The van der Waals surface area contributed by atoms with Gasteiger partial charge in [-0.3, -0.25) is 0 Å². The molecule has 0 saturated carbocycles. The molecule has 2 N–H and O–H groups in total. The molecular formula is C14H19NO4. The van der Waals surface area contributed by atoms with E-state index in [9.17, 15) is 14.7 Å². The first kappa shape index (κ1) is 13.6. The number of amides is 1. The molecule has 0 heterocycles. The van der Waals surface area contributed by atoms with E-state index in [-0.39, 0.29) is 0 Å². The van der Waals surface area contributed by atoms with E-state index in [1.165, 1.54) is 0 Å². The van der Waals surface area contributed by atoms with E-state index in [0.29, 0.717) is 12.8 Å². The fourth-order valence-corrected chi connectivity index (χ4v) is 2.51. The molecule has 1 atom stereocenters. The van der Waals surface area contributed by atoms with Crippen molar-refractivity contribution in [1.82, 2.24) is 5.32 Å². The summed E-state index contributed by atoms with van der Waals surface area (Å²) in [6.45, 7) is 5.24. The Hall–Kier alpha value is -1.78. The lowest BCUT2D eigenvalue weighted by Crippen LogP contribution is -2.54. The van der Waals surface area contributed by atoms with Gasteiger partial charge in [0.15, 0.2) is 0 Å². The topological polar surface area (TPSA) is 75.6 Å². The van der Waals surface area contributed by atoms with E-state index in [2.05, 4.69) is 5.32 Å². The summed E-state index contributed by atoms with van der Waals surface area (Å²) in [5.74, 6) is -1.01. The van der Waals surface area contributed by atoms with Crippen LogP contribution in [0.5, 0.6) is 0 Å². The normalized spacial score (nSPS) is 25.4. The van der Waals surface area contributed by atoms with Gasteiger partial charge in [0.05, 0.1) is 0 Å². The Morgan fingerprint density at radius 2 is 2.05 bits per heavy atom. The van der Waals surface area contributed by atoms with Crippen LogP contribution in [0.25, 0.3) is 0 Å². The summed E-state index contributed by atoms with van der Waals surface area (Å²) < 4.78 is 5.15. The van der Waals surface area contributed by atoms with Crippen molar-refractivity contribution >= 4 is 12.1 Å². The Balaban J connectivity index is 2.09. The van der Waals surface area contributed by atoms with Crippen LogP contribution < -0.4 is 5.32 Å². The second-order valence-corrected chi connectivity index (χ2v) is 6.10. The number of alkyl carbamates (subject to hydrolysis) is 1. The first-order valence-electron chi connectivity index (χ1n) is 6.34. The van der Waals surface area contributed by atoms with Gasteiger partial charge in [-0.15, -0.1) is 0 Å². The third-order valence-electron chi connectivity index (χ3n) is 3.29. The average molecular weight is 265 g/mol. The van der Waals surface area contributed by atoms with Crippen molar-refractivity contribution in [2.45, 2.75) is 51.2 Å². The van der Waals surface area contributed by atoms with E-state index >= 15 is 0 Å². The molecule has 5 nitrogen and oxygen atoms in total. The van der Waals surface area contributed by atoms with Crippen LogP contribution in [-0.4, -0.2) is 28.3 Å². The molecule has 1 amide bonds. The molecule has 19 heavy (non-hydrogen) atoms. The van der Waals surface area contributed by atoms with Crippen LogP contribution in [0.2, 0.25) is 0 Å². The van der Waals surface area contributed by atoms with Crippen molar-refractivity contribution in [2.75, 3.05) is 0 Å². The second kappa shape index (κ2) is 4.40. The van der Waals surface area contributed by atoms with Crippen molar-refractivity contribution in [3.8, 4) is 0 Å². The number of carboxylic acids is 1. The van der Waals surface area contributed by atoms with Crippen LogP contribution in [0.4, 0.5) is 4.79 Å². The fraction of sp³-hybridized carbons (Fsp3) is 0.571. The minimum atomic E-state index is -1.25. The highest BCUT2D eigenvalue weighted by molar-refractivity contribution is 5.86. The number of hydrogen-bond donors (Lipinski definition) is 2. The van der Waals surface area contributed by atoms with Crippen molar-refractivity contribution in [3.63, 3.8) is 0 Å². The highest BCUT2D eigenvalue weighted by atomic mass is 16.6. The largest absolute Gasteiger partial charge is 0.479 e. The van der Waals surface area contributed by atoms with Gasteiger partial charge in [-0.05, 0) is 32.8 Å². The van der Waals surface area contributed by atoms with Crippen LogP contribution in [-0.2, 0) is 9.53 Å². The summed E-state index contributed by atoms with van der Waals surface area (Å²) in [5.41, 5.74) is 0.229. The van der Waals surface area contributed by atoms with Crippen molar-refractivity contribution in [2.24, 2.45) is 0 Å². The maximum absolute atomic E-state index is 11.8. The highest BCUT2D eigenvalue weighted by Crippen LogP contribution is 2.41. The average Bonchev–Trinajstić information content (AvgIpc) is 2.72. The number of ether oxygens (including phenoxy) is 1. The van der Waals surface area contributed by atoms with Gasteiger partial charge in [0, 0.05) is 12.8 Å². The minimum Gasteiger partial charge on any atom is -0.479 e. The molecule has 0 aliphatic heterocycles. The van der Waals surface area contributed by atoms with Crippen LogP contribution >= 0.6 is 0 Å². The van der Waals surface area contributed by atoms with E-state index < -0.39 is 23.2 Å². The Morgan fingerprint density at radius 3 is 2.58 bits per heavy atom.